The van der Waals surface area contributed by atoms with Crippen molar-refractivity contribution in [3.8, 4) is 67.2 Å². The summed E-state index contributed by atoms with van der Waals surface area (Å²) in [4.78, 5) is 0. The smallest absolute Gasteiger partial charge is 0.136 e. The number of furan rings is 2. The van der Waals surface area contributed by atoms with Crippen molar-refractivity contribution in [2.24, 2.45) is 0 Å². The molecule has 0 aliphatic heterocycles. The van der Waals surface area contributed by atoms with E-state index in [2.05, 4.69) is 194 Å². The predicted molar refractivity (Wildman–Crippen MR) is 242 cm³/mol. The molecule has 2 heteroatoms. The van der Waals surface area contributed by atoms with Crippen molar-refractivity contribution < 1.29 is 8.83 Å². The molecule has 0 radical (unpaired) electrons. The van der Waals surface area contributed by atoms with Crippen molar-refractivity contribution in [2.45, 2.75) is 0 Å². The van der Waals surface area contributed by atoms with Crippen LogP contribution in [0, 0.1) is 0 Å². The second-order valence-electron chi connectivity index (χ2n) is 15.2. The van der Waals surface area contributed by atoms with Crippen molar-refractivity contribution >= 4 is 54.3 Å². The molecule has 58 heavy (non-hydrogen) atoms. The Morgan fingerprint density at radius 1 is 0.241 bits per heavy atom. The summed E-state index contributed by atoms with van der Waals surface area (Å²) in [5, 5.41) is 9.31. The number of hydrogen-bond donors (Lipinski definition) is 0. The predicted octanol–water partition coefficient (Wildman–Crippen LogP) is 16.1. The Morgan fingerprint density at radius 2 is 0.603 bits per heavy atom. The van der Waals surface area contributed by atoms with E-state index in [1.54, 1.807) is 0 Å². The quantitative estimate of drug-likeness (QED) is 0.159. The molecule has 0 fully saturated rings. The molecule has 12 rings (SSSR count). The lowest BCUT2D eigenvalue weighted by atomic mass is 9.82. The van der Waals surface area contributed by atoms with Gasteiger partial charge >= 0.3 is 0 Å². The van der Waals surface area contributed by atoms with Gasteiger partial charge in [-0.2, -0.15) is 0 Å². The standard InChI is InChI=1S/C56H34O2/c1-3-13-35(14-4-1)37-19-11-21-39(29-37)47-33-49(53-31-41-17-7-9-23-51(41)57-53)45-28-26-44-48(40-22-12-20-38(30-40)36-15-5-2-6-16-36)34-50(46-27-25-43(47)55(45)56(44)46)54-32-42-18-8-10-24-52(42)58-54/h1-34H. The van der Waals surface area contributed by atoms with E-state index in [9.17, 15) is 0 Å². The molecule has 0 spiro atoms. The Labute approximate surface area is 335 Å². The average Bonchev–Trinajstić information content (AvgIpc) is 3.94. The molecule has 2 nitrogen and oxygen atoms in total. The number of fused-ring (bicyclic) bond motifs is 2. The third-order valence-corrected chi connectivity index (χ3v) is 11.8. The summed E-state index contributed by atoms with van der Waals surface area (Å²) < 4.78 is 13.4. The third kappa shape index (κ3) is 5.19. The van der Waals surface area contributed by atoms with Gasteiger partial charge in [0.25, 0.3) is 0 Å². The Morgan fingerprint density at radius 3 is 1.03 bits per heavy atom. The van der Waals surface area contributed by atoms with Crippen molar-refractivity contribution in [1.29, 1.82) is 0 Å². The van der Waals surface area contributed by atoms with E-state index in [0.717, 1.165) is 77.6 Å². The highest BCUT2D eigenvalue weighted by molar-refractivity contribution is 6.32. The summed E-state index contributed by atoms with van der Waals surface area (Å²) in [7, 11) is 0. The van der Waals surface area contributed by atoms with Crippen LogP contribution >= 0.6 is 0 Å². The van der Waals surface area contributed by atoms with Gasteiger partial charge in [-0.25, -0.2) is 0 Å². The molecule has 0 amide bonds. The summed E-state index contributed by atoms with van der Waals surface area (Å²) >= 11 is 0. The molecule has 0 unspecified atom stereocenters. The van der Waals surface area contributed by atoms with Gasteiger partial charge in [0.2, 0.25) is 0 Å². The van der Waals surface area contributed by atoms with E-state index < -0.39 is 0 Å². The Kier molecular flexibility index (Phi) is 7.26. The molecule has 0 atom stereocenters. The highest BCUT2D eigenvalue weighted by Gasteiger charge is 2.23. The molecular weight excluding hydrogens is 705 g/mol. The number of para-hydroxylation sites is 2. The van der Waals surface area contributed by atoms with Crippen LogP contribution in [0.15, 0.2) is 215 Å². The topological polar surface area (TPSA) is 26.3 Å². The van der Waals surface area contributed by atoms with E-state index in [-0.39, 0.29) is 0 Å². The van der Waals surface area contributed by atoms with E-state index in [1.807, 2.05) is 12.1 Å². The Hall–Kier alpha value is -7.68. The molecule has 0 aliphatic rings. The van der Waals surface area contributed by atoms with Crippen LogP contribution in [0.1, 0.15) is 0 Å². The second kappa shape index (κ2) is 12.9. The molecule has 0 N–H and O–H groups in total. The molecule has 0 saturated carbocycles. The Balaban J connectivity index is 1.21. The highest BCUT2D eigenvalue weighted by atomic mass is 16.3. The van der Waals surface area contributed by atoms with E-state index in [4.69, 9.17) is 8.83 Å². The first kappa shape index (κ1) is 32.6. The fraction of sp³-hybridized carbons (Fsp3) is 0. The molecule has 2 heterocycles. The van der Waals surface area contributed by atoms with Crippen LogP contribution in [0.5, 0.6) is 0 Å². The summed E-state index contributed by atoms with van der Waals surface area (Å²) in [5.74, 6) is 1.71. The van der Waals surface area contributed by atoms with Crippen LogP contribution in [0.25, 0.3) is 121 Å². The van der Waals surface area contributed by atoms with Gasteiger partial charge in [-0.1, -0.05) is 158 Å². The lowest BCUT2D eigenvalue weighted by molar-refractivity contribution is 0.632. The summed E-state index contributed by atoms with van der Waals surface area (Å²) in [6, 6.07) is 74.0. The fourth-order valence-electron chi connectivity index (χ4n) is 9.10. The summed E-state index contributed by atoms with van der Waals surface area (Å²) in [5.41, 5.74) is 13.3. The van der Waals surface area contributed by atoms with Crippen molar-refractivity contribution in [1.82, 2.24) is 0 Å². The van der Waals surface area contributed by atoms with Gasteiger partial charge in [0.05, 0.1) is 0 Å². The van der Waals surface area contributed by atoms with Gasteiger partial charge in [0.1, 0.15) is 22.7 Å². The Bertz CT molecular complexity index is 3190. The highest BCUT2D eigenvalue weighted by Crippen LogP contribution is 2.50. The van der Waals surface area contributed by atoms with Gasteiger partial charge in [-0.3, -0.25) is 0 Å². The SMILES string of the molecule is c1ccc(-c2cccc(-c3cc(-c4cc5ccccc5o4)c4ccc5c(-c6cccc(-c7ccccc7)c6)cc(-c6cc7ccccc7o6)c6ccc3c4c56)c2)cc1. The normalized spacial score (nSPS) is 11.8. The lowest BCUT2D eigenvalue weighted by Crippen LogP contribution is -1.94. The maximum atomic E-state index is 6.69. The minimum absolute atomic E-state index is 0.855. The van der Waals surface area contributed by atoms with Crippen LogP contribution in [-0.2, 0) is 0 Å². The molecule has 12 aromatic rings. The molecular formula is C56H34O2. The first-order chi connectivity index (χ1) is 28.7. The monoisotopic (exact) mass is 738 g/mol. The maximum Gasteiger partial charge on any atom is 0.136 e. The molecule has 0 saturated heterocycles. The van der Waals surface area contributed by atoms with E-state index in [1.165, 1.54) is 43.8 Å². The molecule has 2 aromatic heterocycles. The van der Waals surface area contributed by atoms with Crippen molar-refractivity contribution in [2.75, 3.05) is 0 Å². The zero-order chi connectivity index (χ0) is 38.2. The van der Waals surface area contributed by atoms with Crippen LogP contribution in [0.3, 0.4) is 0 Å². The lowest BCUT2D eigenvalue weighted by Gasteiger charge is -2.21. The van der Waals surface area contributed by atoms with Crippen LogP contribution in [-0.4, -0.2) is 0 Å². The van der Waals surface area contributed by atoms with Gasteiger partial charge in [-0.05, 0) is 125 Å². The first-order valence-corrected chi connectivity index (χ1v) is 19.8. The maximum absolute atomic E-state index is 6.69. The van der Waals surface area contributed by atoms with Crippen molar-refractivity contribution in [3.63, 3.8) is 0 Å². The number of benzene rings is 10. The molecule has 10 aromatic carbocycles. The van der Waals surface area contributed by atoms with Gasteiger partial charge in [-0.15, -0.1) is 0 Å². The van der Waals surface area contributed by atoms with Gasteiger partial charge in [0.15, 0.2) is 0 Å². The number of rotatable bonds is 6. The molecule has 270 valence electrons. The molecule has 0 bridgehead atoms. The fourth-order valence-corrected chi connectivity index (χ4v) is 9.10. The van der Waals surface area contributed by atoms with E-state index in [0.29, 0.717) is 0 Å². The largest absolute Gasteiger partial charge is 0.456 e. The summed E-state index contributed by atoms with van der Waals surface area (Å²) in [6.45, 7) is 0. The van der Waals surface area contributed by atoms with Crippen molar-refractivity contribution in [3.05, 3.63) is 206 Å². The minimum atomic E-state index is 0.855. The van der Waals surface area contributed by atoms with Crippen LogP contribution in [0.2, 0.25) is 0 Å². The zero-order valence-corrected chi connectivity index (χ0v) is 31.4. The van der Waals surface area contributed by atoms with Crippen LogP contribution < -0.4 is 0 Å². The van der Waals surface area contributed by atoms with E-state index >= 15 is 0 Å². The minimum Gasteiger partial charge on any atom is -0.456 e. The third-order valence-electron chi connectivity index (χ3n) is 11.8. The average molecular weight is 739 g/mol. The van der Waals surface area contributed by atoms with Gasteiger partial charge < -0.3 is 8.83 Å². The summed E-state index contributed by atoms with van der Waals surface area (Å²) in [6.07, 6.45) is 0. The zero-order valence-electron chi connectivity index (χ0n) is 31.4. The van der Waals surface area contributed by atoms with Crippen LogP contribution in [0.4, 0.5) is 0 Å². The van der Waals surface area contributed by atoms with Gasteiger partial charge in [0, 0.05) is 21.9 Å². The number of hydrogen-bond acceptors (Lipinski definition) is 2. The second-order valence-corrected chi connectivity index (χ2v) is 15.2. The molecule has 0 aliphatic carbocycles. The first-order valence-electron chi connectivity index (χ1n) is 19.8.